The van der Waals surface area contributed by atoms with Gasteiger partial charge in [-0.2, -0.15) is 0 Å². The SMILES string of the molecule is CCCCN(C(=O)[C@H](N)CC(C)C)c1ccccc1. The summed E-state index contributed by atoms with van der Waals surface area (Å²) in [5.74, 6) is 0.469. The Morgan fingerprint density at radius 2 is 1.89 bits per heavy atom. The summed E-state index contributed by atoms with van der Waals surface area (Å²) in [6.45, 7) is 7.05. The molecule has 0 spiro atoms. The molecule has 0 unspecified atom stereocenters. The minimum atomic E-state index is -0.405. The van der Waals surface area contributed by atoms with E-state index in [-0.39, 0.29) is 5.91 Å². The first-order valence-corrected chi connectivity index (χ1v) is 7.18. The number of benzene rings is 1. The molecule has 0 fully saturated rings. The van der Waals surface area contributed by atoms with Crippen LogP contribution in [0.1, 0.15) is 40.0 Å². The Hall–Kier alpha value is -1.35. The van der Waals surface area contributed by atoms with E-state index in [0.717, 1.165) is 31.5 Å². The molecule has 0 aliphatic carbocycles. The van der Waals surface area contributed by atoms with Crippen LogP contribution in [0.25, 0.3) is 0 Å². The molecule has 0 saturated carbocycles. The monoisotopic (exact) mass is 262 g/mol. The molecule has 0 heterocycles. The normalized spacial score (nSPS) is 12.5. The van der Waals surface area contributed by atoms with Crippen LogP contribution in [0.5, 0.6) is 0 Å². The Bertz CT molecular complexity index is 376. The number of rotatable bonds is 7. The summed E-state index contributed by atoms with van der Waals surface area (Å²) in [4.78, 5) is 14.3. The van der Waals surface area contributed by atoms with Crippen LogP contribution >= 0.6 is 0 Å². The van der Waals surface area contributed by atoms with Crippen molar-refractivity contribution in [3.63, 3.8) is 0 Å². The van der Waals surface area contributed by atoms with E-state index in [1.54, 1.807) is 0 Å². The standard InChI is InChI=1S/C16H26N2O/c1-4-5-11-18(14-9-7-6-8-10-14)16(19)15(17)12-13(2)3/h6-10,13,15H,4-5,11-12,17H2,1-3H3/t15-/m1/s1. The molecular formula is C16H26N2O. The Morgan fingerprint density at radius 1 is 1.26 bits per heavy atom. The molecule has 1 aromatic rings. The second-order valence-electron chi connectivity index (χ2n) is 5.42. The fraction of sp³-hybridized carbons (Fsp3) is 0.562. The van der Waals surface area contributed by atoms with Crippen LogP contribution in [-0.2, 0) is 4.79 Å². The summed E-state index contributed by atoms with van der Waals surface area (Å²) in [6.07, 6.45) is 2.79. The van der Waals surface area contributed by atoms with Gasteiger partial charge in [0.15, 0.2) is 0 Å². The Kier molecular flexibility index (Phi) is 6.57. The number of carbonyl (C=O) groups is 1. The molecule has 1 amide bonds. The number of carbonyl (C=O) groups excluding carboxylic acids is 1. The van der Waals surface area contributed by atoms with Gasteiger partial charge in [0.1, 0.15) is 0 Å². The Morgan fingerprint density at radius 3 is 2.42 bits per heavy atom. The lowest BCUT2D eigenvalue weighted by Crippen LogP contribution is -2.45. The molecule has 106 valence electrons. The first kappa shape index (κ1) is 15.7. The molecule has 1 atom stereocenters. The molecule has 3 heteroatoms. The van der Waals surface area contributed by atoms with E-state index in [1.807, 2.05) is 35.2 Å². The first-order chi connectivity index (χ1) is 9.06. The van der Waals surface area contributed by atoms with E-state index >= 15 is 0 Å². The molecule has 2 N–H and O–H groups in total. The molecule has 3 nitrogen and oxygen atoms in total. The molecule has 1 rings (SSSR count). The van der Waals surface area contributed by atoms with E-state index in [0.29, 0.717) is 5.92 Å². The molecule has 1 aromatic carbocycles. The molecule has 0 aromatic heterocycles. The minimum Gasteiger partial charge on any atom is -0.320 e. The van der Waals surface area contributed by atoms with E-state index in [4.69, 9.17) is 5.73 Å². The zero-order valence-corrected chi connectivity index (χ0v) is 12.3. The summed E-state index contributed by atoms with van der Waals surface area (Å²) >= 11 is 0. The second kappa shape index (κ2) is 7.95. The average Bonchev–Trinajstić information content (AvgIpc) is 2.39. The second-order valence-corrected chi connectivity index (χ2v) is 5.42. The van der Waals surface area contributed by atoms with Gasteiger partial charge in [0, 0.05) is 12.2 Å². The van der Waals surface area contributed by atoms with Gasteiger partial charge in [-0.25, -0.2) is 0 Å². The van der Waals surface area contributed by atoms with Crippen molar-refractivity contribution in [3.05, 3.63) is 30.3 Å². The number of para-hydroxylation sites is 1. The minimum absolute atomic E-state index is 0.0355. The van der Waals surface area contributed by atoms with Crippen LogP contribution in [0.4, 0.5) is 5.69 Å². The lowest BCUT2D eigenvalue weighted by molar-refractivity contribution is -0.120. The highest BCUT2D eigenvalue weighted by Gasteiger charge is 2.22. The van der Waals surface area contributed by atoms with Gasteiger partial charge < -0.3 is 10.6 Å². The molecule has 0 bridgehead atoms. The number of hydrogen-bond acceptors (Lipinski definition) is 2. The number of unbranched alkanes of at least 4 members (excludes halogenated alkanes) is 1. The van der Waals surface area contributed by atoms with Crippen molar-refractivity contribution in [1.29, 1.82) is 0 Å². The fourth-order valence-corrected chi connectivity index (χ4v) is 2.10. The number of nitrogens with zero attached hydrogens (tertiary/aromatic N) is 1. The third-order valence-electron chi connectivity index (χ3n) is 3.11. The smallest absolute Gasteiger partial charge is 0.243 e. The van der Waals surface area contributed by atoms with Gasteiger partial charge in [-0.3, -0.25) is 4.79 Å². The molecule has 0 saturated heterocycles. The van der Waals surface area contributed by atoms with E-state index in [2.05, 4.69) is 20.8 Å². The summed E-state index contributed by atoms with van der Waals surface area (Å²) < 4.78 is 0. The maximum absolute atomic E-state index is 12.5. The van der Waals surface area contributed by atoms with Crippen molar-refractivity contribution < 1.29 is 4.79 Å². The van der Waals surface area contributed by atoms with E-state index < -0.39 is 6.04 Å². The predicted octanol–water partition coefficient (Wildman–Crippen LogP) is 3.19. The Balaban J connectivity index is 2.82. The highest BCUT2D eigenvalue weighted by Crippen LogP contribution is 2.17. The van der Waals surface area contributed by atoms with Crippen LogP contribution in [0.15, 0.2) is 30.3 Å². The van der Waals surface area contributed by atoms with Gasteiger partial charge in [0.05, 0.1) is 6.04 Å². The highest BCUT2D eigenvalue weighted by molar-refractivity contribution is 5.97. The molecule has 19 heavy (non-hydrogen) atoms. The van der Waals surface area contributed by atoms with Gasteiger partial charge in [-0.05, 0) is 30.9 Å². The van der Waals surface area contributed by atoms with Crippen molar-refractivity contribution in [2.75, 3.05) is 11.4 Å². The lowest BCUT2D eigenvalue weighted by Gasteiger charge is -2.26. The van der Waals surface area contributed by atoms with Crippen LogP contribution in [0.3, 0.4) is 0 Å². The van der Waals surface area contributed by atoms with E-state index in [1.165, 1.54) is 0 Å². The first-order valence-electron chi connectivity index (χ1n) is 7.18. The van der Waals surface area contributed by atoms with Crippen LogP contribution in [-0.4, -0.2) is 18.5 Å². The van der Waals surface area contributed by atoms with Gasteiger partial charge in [0.25, 0.3) is 0 Å². The summed E-state index contributed by atoms with van der Waals surface area (Å²) in [7, 11) is 0. The Labute approximate surface area is 116 Å². The number of hydrogen-bond donors (Lipinski definition) is 1. The van der Waals surface area contributed by atoms with Crippen molar-refractivity contribution in [1.82, 2.24) is 0 Å². The van der Waals surface area contributed by atoms with Gasteiger partial charge in [0.2, 0.25) is 5.91 Å². The number of amides is 1. The highest BCUT2D eigenvalue weighted by atomic mass is 16.2. The van der Waals surface area contributed by atoms with E-state index in [9.17, 15) is 4.79 Å². The summed E-state index contributed by atoms with van der Waals surface area (Å²) in [6, 6.07) is 9.40. The third kappa shape index (κ3) is 5.03. The van der Waals surface area contributed by atoms with Crippen molar-refractivity contribution >= 4 is 11.6 Å². The molecule has 0 radical (unpaired) electrons. The molecular weight excluding hydrogens is 236 g/mol. The topological polar surface area (TPSA) is 46.3 Å². The zero-order valence-electron chi connectivity index (χ0n) is 12.3. The summed E-state index contributed by atoms with van der Waals surface area (Å²) in [5.41, 5.74) is 6.98. The van der Waals surface area contributed by atoms with Gasteiger partial charge >= 0.3 is 0 Å². The maximum Gasteiger partial charge on any atom is 0.243 e. The van der Waals surface area contributed by atoms with Gasteiger partial charge in [-0.15, -0.1) is 0 Å². The number of nitrogens with two attached hydrogens (primary N) is 1. The van der Waals surface area contributed by atoms with Crippen LogP contribution in [0, 0.1) is 5.92 Å². The maximum atomic E-state index is 12.5. The number of anilines is 1. The van der Waals surface area contributed by atoms with Crippen molar-refractivity contribution in [2.45, 2.75) is 46.1 Å². The van der Waals surface area contributed by atoms with Crippen molar-refractivity contribution in [2.24, 2.45) is 11.7 Å². The average molecular weight is 262 g/mol. The largest absolute Gasteiger partial charge is 0.320 e. The van der Waals surface area contributed by atoms with Crippen LogP contribution in [0.2, 0.25) is 0 Å². The van der Waals surface area contributed by atoms with Gasteiger partial charge in [-0.1, -0.05) is 45.4 Å². The fourth-order valence-electron chi connectivity index (χ4n) is 2.10. The van der Waals surface area contributed by atoms with Crippen LogP contribution < -0.4 is 10.6 Å². The lowest BCUT2D eigenvalue weighted by atomic mass is 10.0. The molecule has 0 aliphatic heterocycles. The summed E-state index contributed by atoms with van der Waals surface area (Å²) in [5, 5.41) is 0. The zero-order chi connectivity index (χ0) is 14.3. The molecule has 0 aliphatic rings. The third-order valence-corrected chi connectivity index (χ3v) is 3.11. The quantitative estimate of drug-likeness (QED) is 0.820. The van der Waals surface area contributed by atoms with Crippen molar-refractivity contribution in [3.8, 4) is 0 Å². The predicted molar refractivity (Wildman–Crippen MR) is 81.1 cm³/mol.